The van der Waals surface area contributed by atoms with E-state index < -0.39 is 16.5 Å². The summed E-state index contributed by atoms with van der Waals surface area (Å²) in [4.78, 5) is 23.5. The van der Waals surface area contributed by atoms with Gasteiger partial charge in [-0.2, -0.15) is 0 Å². The van der Waals surface area contributed by atoms with E-state index in [4.69, 9.17) is 5.41 Å². The quantitative estimate of drug-likeness (QED) is 0.337. The molecule has 0 fully saturated rings. The van der Waals surface area contributed by atoms with Gasteiger partial charge in [-0.1, -0.05) is 0 Å². The highest BCUT2D eigenvalue weighted by Gasteiger charge is 2.18. The van der Waals surface area contributed by atoms with Crippen LogP contribution in [0.1, 0.15) is 26.3 Å². The number of nitrogens with one attached hydrogen (secondary N) is 3. The van der Waals surface area contributed by atoms with Crippen molar-refractivity contribution in [1.82, 2.24) is 10.6 Å². The molecule has 1 aromatic carbocycles. The third-order valence-electron chi connectivity index (χ3n) is 2.81. The molecule has 0 aliphatic carbocycles. The van der Waals surface area contributed by atoms with Gasteiger partial charge in [-0.3, -0.25) is 20.8 Å². The number of nitrogens with zero attached hydrogens (tertiary/aromatic N) is 2. The normalized spacial score (nSPS) is 10.8. The van der Waals surface area contributed by atoms with Crippen LogP contribution in [-0.2, 0) is 0 Å². The predicted octanol–water partition coefficient (Wildman–Crippen LogP) is 2.37. The highest BCUT2D eigenvalue weighted by molar-refractivity contribution is 6.03. The molecule has 22 heavy (non-hydrogen) atoms. The highest BCUT2D eigenvalue weighted by atomic mass is 16.6. The van der Waals surface area contributed by atoms with Gasteiger partial charge in [0.15, 0.2) is 0 Å². The lowest BCUT2D eigenvalue weighted by Gasteiger charge is -2.25. The van der Waals surface area contributed by atoms with Gasteiger partial charge in [0.2, 0.25) is 5.96 Å². The molecule has 2 amide bonds. The molecular weight excluding hydrogens is 286 g/mol. The van der Waals surface area contributed by atoms with Crippen molar-refractivity contribution in [2.45, 2.75) is 33.2 Å². The molecule has 1 rings (SSSR count). The maximum absolute atomic E-state index is 11.8. The predicted molar refractivity (Wildman–Crippen MR) is 85.4 cm³/mol. The number of non-ortho nitro benzene ring substituents is 1. The monoisotopic (exact) mass is 307 g/mol. The van der Waals surface area contributed by atoms with Crippen LogP contribution in [0.25, 0.3) is 0 Å². The molecule has 120 valence electrons. The average molecular weight is 307 g/mol. The van der Waals surface area contributed by atoms with Gasteiger partial charge in [0.05, 0.1) is 4.92 Å². The van der Waals surface area contributed by atoms with Crippen molar-refractivity contribution in [1.29, 1.82) is 5.41 Å². The number of rotatable bonds is 2. The third-order valence-corrected chi connectivity index (χ3v) is 2.81. The number of hydrogen-bond acceptors (Lipinski definition) is 4. The first-order valence-corrected chi connectivity index (χ1v) is 6.68. The number of benzene rings is 1. The Balaban J connectivity index is 2.83. The van der Waals surface area contributed by atoms with E-state index in [1.165, 1.54) is 17.0 Å². The van der Waals surface area contributed by atoms with E-state index in [-0.39, 0.29) is 11.6 Å². The Kier molecular flexibility index (Phi) is 5.08. The van der Waals surface area contributed by atoms with Crippen molar-refractivity contribution in [2.24, 2.45) is 0 Å². The highest BCUT2D eigenvalue weighted by Crippen LogP contribution is 2.23. The summed E-state index contributed by atoms with van der Waals surface area (Å²) in [5, 5.41) is 23.8. The van der Waals surface area contributed by atoms with E-state index in [0.717, 1.165) is 0 Å². The fourth-order valence-corrected chi connectivity index (χ4v) is 1.81. The summed E-state index contributed by atoms with van der Waals surface area (Å²) >= 11 is 0. The molecule has 0 aliphatic rings. The second-order valence-corrected chi connectivity index (χ2v) is 5.96. The number of aryl methyl sites for hydroxylation is 1. The van der Waals surface area contributed by atoms with Gasteiger partial charge in [-0.05, 0) is 39.3 Å². The van der Waals surface area contributed by atoms with Crippen LogP contribution < -0.4 is 15.5 Å². The van der Waals surface area contributed by atoms with E-state index in [0.29, 0.717) is 11.3 Å². The first-order valence-electron chi connectivity index (χ1n) is 6.68. The summed E-state index contributed by atoms with van der Waals surface area (Å²) in [6.45, 7) is 7.21. The molecule has 0 atom stereocenters. The van der Waals surface area contributed by atoms with Crippen LogP contribution in [0.2, 0.25) is 0 Å². The number of anilines is 1. The maximum atomic E-state index is 11.8. The fraction of sp³-hybridized carbons (Fsp3) is 0.429. The Hall–Kier alpha value is -2.64. The molecule has 8 nitrogen and oxygen atoms in total. The molecule has 0 aliphatic heterocycles. The standard InChI is InChI=1S/C14H21N5O3/c1-9-8-10(19(21)22)6-7-11(9)18(5)12(15)16-13(20)17-14(2,3)4/h6-8H,1-5H3,(H3,15,16,17,20). The molecule has 8 heteroatoms. The summed E-state index contributed by atoms with van der Waals surface area (Å²) in [5.74, 6) is -0.126. The molecule has 0 spiro atoms. The minimum absolute atomic E-state index is 0.0142. The first kappa shape index (κ1) is 17.4. The molecule has 0 saturated heterocycles. The van der Waals surface area contributed by atoms with Crippen molar-refractivity contribution >= 4 is 23.4 Å². The van der Waals surface area contributed by atoms with Gasteiger partial charge in [-0.25, -0.2) is 4.79 Å². The largest absolute Gasteiger partial charge is 0.333 e. The summed E-state index contributed by atoms with van der Waals surface area (Å²) in [6.07, 6.45) is 0. The minimum Gasteiger partial charge on any atom is -0.333 e. The zero-order valence-corrected chi connectivity index (χ0v) is 13.4. The average Bonchev–Trinajstić information content (AvgIpc) is 2.35. The zero-order valence-electron chi connectivity index (χ0n) is 13.4. The Labute approximate surface area is 129 Å². The van der Waals surface area contributed by atoms with Crippen molar-refractivity contribution in [3.8, 4) is 0 Å². The van der Waals surface area contributed by atoms with Crippen LogP contribution in [0.3, 0.4) is 0 Å². The Morgan fingerprint density at radius 3 is 2.41 bits per heavy atom. The van der Waals surface area contributed by atoms with Gasteiger partial charge in [-0.15, -0.1) is 0 Å². The molecule has 1 aromatic rings. The molecule has 0 bridgehead atoms. The van der Waals surface area contributed by atoms with Gasteiger partial charge in [0.1, 0.15) is 0 Å². The molecule has 0 aromatic heterocycles. The topological polar surface area (TPSA) is 111 Å². The Bertz CT molecular complexity index is 607. The second-order valence-electron chi connectivity index (χ2n) is 5.96. The number of carbonyl (C=O) groups excluding carboxylic acids is 1. The molecular formula is C14H21N5O3. The summed E-state index contributed by atoms with van der Waals surface area (Å²) < 4.78 is 0. The summed E-state index contributed by atoms with van der Waals surface area (Å²) in [5.41, 5.74) is 0.817. The molecule has 3 N–H and O–H groups in total. The number of hydrogen-bond donors (Lipinski definition) is 3. The second kappa shape index (κ2) is 6.42. The number of nitro benzene ring substituents is 1. The fourth-order valence-electron chi connectivity index (χ4n) is 1.81. The van der Waals surface area contributed by atoms with Crippen molar-refractivity contribution in [2.75, 3.05) is 11.9 Å². The Morgan fingerprint density at radius 2 is 1.95 bits per heavy atom. The minimum atomic E-state index is -0.482. The molecule has 0 radical (unpaired) electrons. The van der Waals surface area contributed by atoms with Crippen LogP contribution in [-0.4, -0.2) is 29.5 Å². The van der Waals surface area contributed by atoms with Crippen LogP contribution in [0.4, 0.5) is 16.2 Å². The first-order chi connectivity index (χ1) is 10.0. The molecule has 0 unspecified atom stereocenters. The van der Waals surface area contributed by atoms with E-state index in [2.05, 4.69) is 10.6 Å². The van der Waals surface area contributed by atoms with Gasteiger partial charge in [0, 0.05) is 30.4 Å². The van der Waals surface area contributed by atoms with Crippen molar-refractivity contribution in [3.05, 3.63) is 33.9 Å². The van der Waals surface area contributed by atoms with Crippen molar-refractivity contribution < 1.29 is 9.72 Å². The molecule has 0 saturated carbocycles. The van der Waals surface area contributed by atoms with E-state index in [1.807, 2.05) is 20.8 Å². The van der Waals surface area contributed by atoms with Gasteiger partial charge >= 0.3 is 6.03 Å². The van der Waals surface area contributed by atoms with Crippen LogP contribution in [0.15, 0.2) is 18.2 Å². The number of guanidine groups is 1. The SMILES string of the molecule is Cc1cc([N+](=O)[O-])ccc1N(C)C(=N)NC(=O)NC(C)(C)C. The maximum Gasteiger partial charge on any atom is 0.321 e. The van der Waals surface area contributed by atoms with Crippen molar-refractivity contribution in [3.63, 3.8) is 0 Å². The van der Waals surface area contributed by atoms with Crippen LogP contribution in [0.5, 0.6) is 0 Å². The number of nitro groups is 1. The van der Waals surface area contributed by atoms with Gasteiger partial charge in [0.25, 0.3) is 5.69 Å². The lowest BCUT2D eigenvalue weighted by atomic mass is 10.1. The zero-order chi connectivity index (χ0) is 17.1. The smallest absolute Gasteiger partial charge is 0.321 e. The van der Waals surface area contributed by atoms with Crippen LogP contribution in [0, 0.1) is 22.4 Å². The van der Waals surface area contributed by atoms with E-state index in [9.17, 15) is 14.9 Å². The molecule has 0 heterocycles. The summed E-state index contributed by atoms with van der Waals surface area (Å²) in [6, 6.07) is 3.85. The number of urea groups is 1. The lowest BCUT2D eigenvalue weighted by molar-refractivity contribution is -0.384. The van der Waals surface area contributed by atoms with E-state index in [1.54, 1.807) is 20.0 Å². The Morgan fingerprint density at radius 1 is 1.36 bits per heavy atom. The third kappa shape index (κ3) is 4.72. The van der Waals surface area contributed by atoms with Gasteiger partial charge < -0.3 is 10.2 Å². The van der Waals surface area contributed by atoms with Crippen LogP contribution >= 0.6 is 0 Å². The summed E-state index contributed by atoms with van der Waals surface area (Å²) in [7, 11) is 1.61. The number of amides is 2. The lowest BCUT2D eigenvalue weighted by Crippen LogP contribution is -2.51. The van der Waals surface area contributed by atoms with E-state index >= 15 is 0 Å². The number of carbonyl (C=O) groups is 1.